The van der Waals surface area contributed by atoms with Crippen LogP contribution in [0.15, 0.2) is 56.7 Å². The highest BCUT2D eigenvalue weighted by atomic mass is 79.9. The quantitative estimate of drug-likeness (QED) is 0.724. The van der Waals surface area contributed by atoms with Crippen molar-refractivity contribution in [2.75, 3.05) is 6.54 Å². The van der Waals surface area contributed by atoms with E-state index >= 15 is 0 Å². The predicted molar refractivity (Wildman–Crippen MR) is 91.2 cm³/mol. The maximum atomic E-state index is 13.2. The van der Waals surface area contributed by atoms with Crippen molar-refractivity contribution in [2.24, 2.45) is 5.92 Å². The van der Waals surface area contributed by atoms with Gasteiger partial charge in [0.1, 0.15) is 5.82 Å². The molecule has 1 nitrogen and oxygen atoms in total. The summed E-state index contributed by atoms with van der Waals surface area (Å²) >= 11 is 5.16. The minimum absolute atomic E-state index is 0.203. The van der Waals surface area contributed by atoms with Gasteiger partial charge in [0.05, 0.1) is 0 Å². The molecule has 0 aliphatic carbocycles. The van der Waals surface area contributed by atoms with E-state index in [1.807, 2.05) is 6.07 Å². The van der Waals surface area contributed by atoms with E-state index in [1.165, 1.54) is 11.6 Å². The van der Waals surface area contributed by atoms with Gasteiger partial charge in [-0.25, -0.2) is 4.39 Å². The lowest BCUT2D eigenvalue weighted by molar-refractivity contribution is 0.552. The molecule has 2 aromatic rings. The molecule has 21 heavy (non-hydrogen) atoms. The van der Waals surface area contributed by atoms with Crippen LogP contribution in [0.3, 0.4) is 0 Å². The number of rotatable bonds is 6. The number of benzene rings is 2. The van der Waals surface area contributed by atoms with Gasteiger partial charge in [-0.3, -0.25) is 0 Å². The number of hydrogen-bond acceptors (Lipinski definition) is 2. The van der Waals surface area contributed by atoms with Crippen molar-refractivity contribution >= 4 is 27.7 Å². The van der Waals surface area contributed by atoms with Crippen molar-refractivity contribution in [3.8, 4) is 0 Å². The van der Waals surface area contributed by atoms with Crippen molar-refractivity contribution < 1.29 is 4.39 Å². The smallest absolute Gasteiger partial charge is 0.124 e. The summed E-state index contributed by atoms with van der Waals surface area (Å²) in [5.74, 6) is 0.446. The Kier molecular flexibility index (Phi) is 6.27. The molecule has 4 heteroatoms. The molecule has 0 heterocycles. The summed E-state index contributed by atoms with van der Waals surface area (Å²) in [6.07, 6.45) is 0. The Morgan fingerprint density at radius 2 is 2.00 bits per heavy atom. The van der Waals surface area contributed by atoms with E-state index < -0.39 is 0 Å². The van der Waals surface area contributed by atoms with Crippen LogP contribution in [-0.2, 0) is 6.54 Å². The summed E-state index contributed by atoms with van der Waals surface area (Å²) in [6.45, 7) is 6.27. The van der Waals surface area contributed by atoms with Gasteiger partial charge in [0, 0.05) is 20.8 Å². The molecular weight excluding hydrogens is 349 g/mol. The fourth-order valence-electron chi connectivity index (χ4n) is 1.90. The standard InChI is InChI=1S/C17H19BrFNS/c1-12(2)10-20-11-13-6-7-17(16(18)8-13)21-15-5-3-4-14(19)9-15/h3-9,12,20H,10-11H2,1-2H3. The van der Waals surface area contributed by atoms with Gasteiger partial charge in [-0.1, -0.05) is 37.7 Å². The zero-order valence-electron chi connectivity index (χ0n) is 12.2. The van der Waals surface area contributed by atoms with Gasteiger partial charge in [-0.05, 0) is 64.3 Å². The summed E-state index contributed by atoms with van der Waals surface area (Å²) in [7, 11) is 0. The van der Waals surface area contributed by atoms with Crippen LogP contribution in [0.2, 0.25) is 0 Å². The maximum absolute atomic E-state index is 13.2. The van der Waals surface area contributed by atoms with Gasteiger partial charge in [0.15, 0.2) is 0 Å². The SMILES string of the molecule is CC(C)CNCc1ccc(Sc2cccc(F)c2)c(Br)c1. The molecular formula is C17H19BrFNS. The fourth-order valence-corrected chi connectivity index (χ4v) is 3.43. The first-order valence-electron chi connectivity index (χ1n) is 6.97. The van der Waals surface area contributed by atoms with Crippen LogP contribution in [0.5, 0.6) is 0 Å². The van der Waals surface area contributed by atoms with Gasteiger partial charge in [-0.15, -0.1) is 0 Å². The summed E-state index contributed by atoms with van der Waals surface area (Å²) in [5, 5.41) is 3.43. The molecule has 2 aromatic carbocycles. The minimum atomic E-state index is -0.203. The van der Waals surface area contributed by atoms with Crippen molar-refractivity contribution in [2.45, 2.75) is 30.2 Å². The highest BCUT2D eigenvalue weighted by Gasteiger charge is 2.05. The molecule has 112 valence electrons. The minimum Gasteiger partial charge on any atom is -0.312 e. The Labute approximate surface area is 138 Å². The zero-order valence-corrected chi connectivity index (χ0v) is 14.6. The van der Waals surface area contributed by atoms with Crippen LogP contribution >= 0.6 is 27.7 Å². The lowest BCUT2D eigenvalue weighted by Crippen LogP contribution is -2.18. The van der Waals surface area contributed by atoms with E-state index in [4.69, 9.17) is 0 Å². The average molecular weight is 368 g/mol. The molecule has 0 aliphatic heterocycles. The Morgan fingerprint density at radius 1 is 1.19 bits per heavy atom. The molecule has 0 atom stereocenters. The second kappa shape index (κ2) is 7.97. The van der Waals surface area contributed by atoms with Crippen molar-refractivity contribution in [3.05, 3.63) is 58.3 Å². The second-order valence-electron chi connectivity index (χ2n) is 5.35. The third kappa shape index (κ3) is 5.46. The van der Waals surface area contributed by atoms with Gasteiger partial charge >= 0.3 is 0 Å². The topological polar surface area (TPSA) is 12.0 Å². The third-order valence-electron chi connectivity index (χ3n) is 2.90. The highest BCUT2D eigenvalue weighted by Crippen LogP contribution is 2.34. The lowest BCUT2D eigenvalue weighted by Gasteiger charge is -2.10. The zero-order chi connectivity index (χ0) is 15.2. The molecule has 0 aliphatic rings. The molecule has 0 aromatic heterocycles. The van der Waals surface area contributed by atoms with Crippen LogP contribution in [0.25, 0.3) is 0 Å². The summed E-state index contributed by atoms with van der Waals surface area (Å²) < 4.78 is 14.2. The van der Waals surface area contributed by atoms with Gasteiger partial charge in [0.25, 0.3) is 0 Å². The van der Waals surface area contributed by atoms with E-state index in [1.54, 1.807) is 23.9 Å². The predicted octanol–water partition coefficient (Wildman–Crippen LogP) is 5.49. The van der Waals surface area contributed by atoms with Crippen molar-refractivity contribution in [1.29, 1.82) is 0 Å². The molecule has 0 saturated heterocycles. The normalized spacial score (nSPS) is 11.1. The number of halogens is 2. The van der Waals surface area contributed by atoms with Crippen LogP contribution in [0, 0.1) is 11.7 Å². The molecule has 0 unspecified atom stereocenters. The van der Waals surface area contributed by atoms with E-state index in [0.29, 0.717) is 5.92 Å². The molecule has 0 spiro atoms. The number of hydrogen-bond donors (Lipinski definition) is 1. The van der Waals surface area contributed by atoms with Gasteiger partial charge < -0.3 is 5.32 Å². The Hall–Kier alpha value is -0.840. The average Bonchev–Trinajstić information content (AvgIpc) is 2.41. The Balaban J connectivity index is 2.02. The molecule has 0 bridgehead atoms. The van der Waals surface area contributed by atoms with Crippen LogP contribution < -0.4 is 5.32 Å². The van der Waals surface area contributed by atoms with Crippen LogP contribution in [0.4, 0.5) is 4.39 Å². The van der Waals surface area contributed by atoms with E-state index in [2.05, 4.69) is 53.3 Å². The lowest BCUT2D eigenvalue weighted by atomic mass is 10.2. The summed E-state index contributed by atoms with van der Waals surface area (Å²) in [6, 6.07) is 13.0. The van der Waals surface area contributed by atoms with Crippen molar-refractivity contribution in [1.82, 2.24) is 5.32 Å². The first-order valence-corrected chi connectivity index (χ1v) is 8.58. The monoisotopic (exact) mass is 367 g/mol. The van der Waals surface area contributed by atoms with E-state index in [9.17, 15) is 4.39 Å². The second-order valence-corrected chi connectivity index (χ2v) is 7.32. The Morgan fingerprint density at radius 3 is 2.67 bits per heavy atom. The Bertz CT molecular complexity index is 601. The maximum Gasteiger partial charge on any atom is 0.124 e. The van der Waals surface area contributed by atoms with Crippen LogP contribution in [-0.4, -0.2) is 6.54 Å². The first-order chi connectivity index (χ1) is 10.0. The van der Waals surface area contributed by atoms with E-state index in [-0.39, 0.29) is 5.82 Å². The number of nitrogens with one attached hydrogen (secondary N) is 1. The largest absolute Gasteiger partial charge is 0.312 e. The first kappa shape index (κ1) is 16.5. The molecule has 0 amide bonds. The molecule has 2 rings (SSSR count). The van der Waals surface area contributed by atoms with Gasteiger partial charge in [0.2, 0.25) is 0 Å². The molecule has 0 radical (unpaired) electrons. The summed E-state index contributed by atoms with van der Waals surface area (Å²) in [5.41, 5.74) is 1.24. The molecule has 0 fully saturated rings. The highest BCUT2D eigenvalue weighted by molar-refractivity contribution is 9.10. The summed E-state index contributed by atoms with van der Waals surface area (Å²) in [4.78, 5) is 1.99. The van der Waals surface area contributed by atoms with E-state index in [0.717, 1.165) is 27.4 Å². The third-order valence-corrected chi connectivity index (χ3v) is 4.89. The molecule has 1 N–H and O–H groups in total. The van der Waals surface area contributed by atoms with Crippen molar-refractivity contribution in [3.63, 3.8) is 0 Å². The molecule has 0 saturated carbocycles. The van der Waals surface area contributed by atoms with Crippen LogP contribution in [0.1, 0.15) is 19.4 Å². The van der Waals surface area contributed by atoms with Gasteiger partial charge in [-0.2, -0.15) is 0 Å². The fraction of sp³-hybridized carbons (Fsp3) is 0.294.